The van der Waals surface area contributed by atoms with Gasteiger partial charge in [0, 0.05) is 20.7 Å². The summed E-state index contributed by atoms with van der Waals surface area (Å²) in [5.41, 5.74) is 1.98. The van der Waals surface area contributed by atoms with Gasteiger partial charge in [0.25, 0.3) is 0 Å². The van der Waals surface area contributed by atoms with Crippen molar-refractivity contribution >= 4 is 55.8 Å². The molecule has 2 aromatic rings. The van der Waals surface area contributed by atoms with Gasteiger partial charge in [-0.1, -0.05) is 0 Å². The average molecular weight is 419 g/mol. The minimum atomic E-state index is 0.803. The quantitative estimate of drug-likeness (QED) is 0.741. The molecule has 2 N–H and O–H groups in total. The van der Waals surface area contributed by atoms with Crippen molar-refractivity contribution < 1.29 is 0 Å². The number of hydrogen-bond donors (Lipinski definition) is 2. The van der Waals surface area contributed by atoms with Gasteiger partial charge >= 0.3 is 0 Å². The smallest absolute Gasteiger partial charge is 0.138 e. The number of nitrogens with zero attached hydrogens (tertiary/aromatic N) is 2. The number of aromatic nitrogens is 2. The summed E-state index contributed by atoms with van der Waals surface area (Å²) in [4.78, 5) is 8.43. The van der Waals surface area contributed by atoms with Crippen molar-refractivity contribution in [1.29, 1.82) is 0 Å². The fraction of sp³-hybridized carbons (Fsp3) is 0.167. The van der Waals surface area contributed by atoms with Gasteiger partial charge in [-0.2, -0.15) is 0 Å². The molecule has 0 amide bonds. The predicted octanol–water partition coefficient (Wildman–Crippen LogP) is 3.94. The van der Waals surface area contributed by atoms with Crippen LogP contribution >= 0.6 is 38.5 Å². The predicted molar refractivity (Wildman–Crippen MR) is 86.5 cm³/mol. The van der Waals surface area contributed by atoms with Crippen molar-refractivity contribution in [2.45, 2.75) is 6.92 Å². The van der Waals surface area contributed by atoms with Gasteiger partial charge in [0.1, 0.15) is 18.0 Å². The van der Waals surface area contributed by atoms with Crippen molar-refractivity contribution in [3.63, 3.8) is 0 Å². The molecule has 0 saturated carbocycles. The number of anilines is 3. The second-order valence-electron chi connectivity index (χ2n) is 3.70. The minimum Gasteiger partial charge on any atom is -0.373 e. The topological polar surface area (TPSA) is 49.8 Å². The summed E-state index contributed by atoms with van der Waals surface area (Å²) >= 11 is 5.80. The van der Waals surface area contributed by atoms with E-state index in [2.05, 4.69) is 65.2 Å². The maximum absolute atomic E-state index is 4.27. The summed E-state index contributed by atoms with van der Waals surface area (Å²) in [5.74, 6) is 1.63. The van der Waals surface area contributed by atoms with Crippen molar-refractivity contribution in [3.05, 3.63) is 38.1 Å². The Morgan fingerprint density at radius 2 is 1.94 bits per heavy atom. The third-order valence-electron chi connectivity index (χ3n) is 2.50. The highest BCUT2D eigenvalue weighted by atomic mass is 127. The molecule has 0 radical (unpaired) electrons. The van der Waals surface area contributed by atoms with Crippen LogP contribution in [0.5, 0.6) is 0 Å². The molecule has 0 aliphatic carbocycles. The van der Waals surface area contributed by atoms with E-state index < -0.39 is 0 Å². The van der Waals surface area contributed by atoms with Crippen LogP contribution in [0, 0.1) is 10.5 Å². The van der Waals surface area contributed by atoms with Crippen LogP contribution in [-0.4, -0.2) is 17.0 Å². The molecule has 1 heterocycles. The van der Waals surface area contributed by atoms with Crippen LogP contribution in [-0.2, 0) is 0 Å². The zero-order valence-electron chi connectivity index (χ0n) is 9.96. The van der Waals surface area contributed by atoms with E-state index in [0.29, 0.717) is 0 Å². The highest BCUT2D eigenvalue weighted by molar-refractivity contribution is 14.1. The Bertz CT molecular complexity index is 574. The summed E-state index contributed by atoms with van der Waals surface area (Å²) in [5, 5.41) is 6.36. The van der Waals surface area contributed by atoms with E-state index in [0.717, 1.165) is 27.4 Å². The zero-order valence-corrected chi connectivity index (χ0v) is 13.7. The number of halogens is 2. The maximum atomic E-state index is 4.27. The Labute approximate surface area is 128 Å². The third-order valence-corrected chi connectivity index (χ3v) is 3.86. The molecule has 94 valence electrons. The van der Waals surface area contributed by atoms with Crippen molar-refractivity contribution in [1.82, 2.24) is 9.97 Å². The first-order chi connectivity index (χ1) is 8.61. The molecular formula is C12H12BrIN4. The normalized spacial score (nSPS) is 10.2. The number of benzene rings is 1. The Morgan fingerprint density at radius 3 is 2.67 bits per heavy atom. The Hall–Kier alpha value is -0.890. The van der Waals surface area contributed by atoms with Gasteiger partial charge in [-0.05, 0) is 63.6 Å². The molecular weight excluding hydrogens is 407 g/mol. The first-order valence-corrected chi connectivity index (χ1v) is 7.20. The molecule has 6 heteroatoms. The lowest BCUT2D eigenvalue weighted by molar-refractivity contribution is 1.12. The van der Waals surface area contributed by atoms with Gasteiger partial charge in [-0.15, -0.1) is 0 Å². The van der Waals surface area contributed by atoms with Crippen LogP contribution in [0.3, 0.4) is 0 Å². The van der Waals surface area contributed by atoms with Gasteiger partial charge in [-0.3, -0.25) is 0 Å². The number of nitrogens with one attached hydrogen (secondary N) is 2. The number of rotatable bonds is 3. The standard InChI is InChI=1S/C12H12BrIN4/c1-7-11(15-2)16-6-17-12(7)18-10-5-8(14)3-4-9(10)13/h3-6H,1-2H3,(H2,15,16,17,18). The molecule has 0 atom stereocenters. The summed E-state index contributed by atoms with van der Waals surface area (Å²) < 4.78 is 2.17. The molecule has 4 nitrogen and oxygen atoms in total. The van der Waals surface area contributed by atoms with Crippen molar-refractivity contribution in [3.8, 4) is 0 Å². The fourth-order valence-corrected chi connectivity index (χ4v) is 2.39. The summed E-state index contributed by atoms with van der Waals surface area (Å²) in [7, 11) is 1.85. The average Bonchev–Trinajstić information content (AvgIpc) is 2.36. The molecule has 0 saturated heterocycles. The monoisotopic (exact) mass is 418 g/mol. The molecule has 0 fully saturated rings. The Balaban J connectivity index is 2.37. The van der Waals surface area contributed by atoms with Crippen LogP contribution in [0.2, 0.25) is 0 Å². The molecule has 0 spiro atoms. The maximum Gasteiger partial charge on any atom is 0.138 e. The molecule has 0 bridgehead atoms. The van der Waals surface area contributed by atoms with E-state index in [4.69, 9.17) is 0 Å². The molecule has 0 unspecified atom stereocenters. The lowest BCUT2D eigenvalue weighted by atomic mass is 10.2. The molecule has 2 rings (SSSR count). The van der Waals surface area contributed by atoms with E-state index in [9.17, 15) is 0 Å². The van der Waals surface area contributed by atoms with E-state index >= 15 is 0 Å². The SMILES string of the molecule is CNc1ncnc(Nc2cc(I)ccc2Br)c1C. The van der Waals surface area contributed by atoms with E-state index in [1.807, 2.05) is 26.1 Å². The Morgan fingerprint density at radius 1 is 1.22 bits per heavy atom. The van der Waals surface area contributed by atoms with Crippen molar-refractivity contribution in [2.75, 3.05) is 17.7 Å². The third kappa shape index (κ3) is 2.92. The van der Waals surface area contributed by atoms with Gasteiger partial charge in [0.2, 0.25) is 0 Å². The van der Waals surface area contributed by atoms with Gasteiger partial charge < -0.3 is 10.6 Å². The highest BCUT2D eigenvalue weighted by Gasteiger charge is 2.08. The van der Waals surface area contributed by atoms with Crippen molar-refractivity contribution in [2.24, 2.45) is 0 Å². The van der Waals surface area contributed by atoms with Gasteiger partial charge in [0.15, 0.2) is 0 Å². The largest absolute Gasteiger partial charge is 0.373 e. The second-order valence-corrected chi connectivity index (χ2v) is 5.80. The van der Waals surface area contributed by atoms with Crippen LogP contribution in [0.4, 0.5) is 17.3 Å². The summed E-state index contributed by atoms with van der Waals surface area (Å²) in [6.45, 7) is 1.98. The van der Waals surface area contributed by atoms with E-state index in [1.54, 1.807) is 6.33 Å². The van der Waals surface area contributed by atoms with Crippen LogP contribution < -0.4 is 10.6 Å². The first kappa shape index (κ1) is 13.5. The molecule has 0 aliphatic heterocycles. The Kier molecular flexibility index (Phi) is 4.39. The van der Waals surface area contributed by atoms with E-state index in [-0.39, 0.29) is 0 Å². The summed E-state index contributed by atoms with van der Waals surface area (Å²) in [6.07, 6.45) is 1.54. The fourth-order valence-electron chi connectivity index (χ4n) is 1.55. The first-order valence-electron chi connectivity index (χ1n) is 5.33. The lowest BCUT2D eigenvalue weighted by Gasteiger charge is -2.12. The van der Waals surface area contributed by atoms with Crippen LogP contribution in [0.25, 0.3) is 0 Å². The van der Waals surface area contributed by atoms with Gasteiger partial charge in [0.05, 0.1) is 5.69 Å². The number of hydrogen-bond acceptors (Lipinski definition) is 4. The van der Waals surface area contributed by atoms with Crippen LogP contribution in [0.15, 0.2) is 29.0 Å². The summed E-state index contributed by atoms with van der Waals surface area (Å²) in [6, 6.07) is 6.12. The molecule has 0 aliphatic rings. The highest BCUT2D eigenvalue weighted by Crippen LogP contribution is 2.29. The lowest BCUT2D eigenvalue weighted by Crippen LogP contribution is -2.03. The molecule has 1 aromatic heterocycles. The van der Waals surface area contributed by atoms with E-state index in [1.165, 1.54) is 3.57 Å². The molecule has 18 heavy (non-hydrogen) atoms. The minimum absolute atomic E-state index is 0.803. The molecule has 1 aromatic carbocycles. The zero-order chi connectivity index (χ0) is 13.1. The second kappa shape index (κ2) is 5.83. The van der Waals surface area contributed by atoms with Gasteiger partial charge in [-0.25, -0.2) is 9.97 Å². The van der Waals surface area contributed by atoms with Crippen LogP contribution in [0.1, 0.15) is 5.56 Å².